The first-order chi connectivity index (χ1) is 27.6. The molecule has 3 atom stereocenters. The number of hydrogen-bond donors (Lipinski definition) is 3. The Morgan fingerprint density at radius 2 is 1.66 bits per heavy atom. The summed E-state index contributed by atoms with van der Waals surface area (Å²) in [7, 11) is 1.44. The van der Waals surface area contributed by atoms with Crippen molar-refractivity contribution in [3.8, 4) is 0 Å². The van der Waals surface area contributed by atoms with Crippen molar-refractivity contribution in [1.29, 1.82) is 0 Å². The molecule has 1 saturated heterocycles. The van der Waals surface area contributed by atoms with E-state index in [4.69, 9.17) is 14.2 Å². The van der Waals surface area contributed by atoms with E-state index in [1.54, 1.807) is 45.0 Å². The molecular formula is C43H52FN5O9. The number of anilines is 1. The second-order valence-electron chi connectivity index (χ2n) is 15.5. The molecule has 0 unspecified atom stereocenters. The number of likely N-dealkylation sites (N-methyl/N-ethyl adjacent to an activating group) is 1. The third kappa shape index (κ3) is 11.4. The highest BCUT2D eigenvalue weighted by Gasteiger charge is 2.44. The number of hydrogen-bond acceptors (Lipinski definition) is 9. The van der Waals surface area contributed by atoms with Gasteiger partial charge in [-0.1, -0.05) is 54.6 Å². The normalized spacial score (nSPS) is 16.3. The molecule has 5 amide bonds. The van der Waals surface area contributed by atoms with Crippen molar-refractivity contribution in [2.75, 3.05) is 32.1 Å². The summed E-state index contributed by atoms with van der Waals surface area (Å²) in [6, 6.07) is 16.6. The number of carbonyl (C=O) groups is 6. The molecule has 15 heteroatoms. The number of benzene rings is 3. The Hall–Kier alpha value is -5.83. The van der Waals surface area contributed by atoms with E-state index in [-0.39, 0.29) is 55.5 Å². The van der Waals surface area contributed by atoms with Gasteiger partial charge in [0.1, 0.15) is 36.2 Å². The van der Waals surface area contributed by atoms with Crippen LogP contribution in [0, 0.1) is 11.7 Å². The molecule has 0 aliphatic carbocycles. The van der Waals surface area contributed by atoms with Crippen molar-refractivity contribution < 1.29 is 47.4 Å². The zero-order valence-corrected chi connectivity index (χ0v) is 33.5. The first kappa shape index (κ1) is 43.3. The minimum atomic E-state index is -1.20. The Bertz CT molecular complexity index is 1960. The fraction of sp³-hybridized carbons (Fsp3) is 0.442. The predicted octanol–water partition coefficient (Wildman–Crippen LogP) is 5.90. The predicted molar refractivity (Wildman–Crippen MR) is 212 cm³/mol. The van der Waals surface area contributed by atoms with Gasteiger partial charge in [-0.2, -0.15) is 0 Å². The highest BCUT2D eigenvalue weighted by molar-refractivity contribution is 6.02. The lowest BCUT2D eigenvalue weighted by atomic mass is 9.90. The van der Waals surface area contributed by atoms with Crippen molar-refractivity contribution >= 4 is 41.4 Å². The van der Waals surface area contributed by atoms with E-state index in [1.165, 1.54) is 31.0 Å². The minimum Gasteiger partial charge on any atom is -0.445 e. The summed E-state index contributed by atoms with van der Waals surface area (Å²) in [5.41, 5.74) is 1.18. The van der Waals surface area contributed by atoms with Gasteiger partial charge in [-0.25, -0.2) is 14.0 Å². The summed E-state index contributed by atoms with van der Waals surface area (Å²) in [6.07, 6.45) is -0.0824. The fourth-order valence-electron chi connectivity index (χ4n) is 6.78. The first-order valence-electron chi connectivity index (χ1n) is 19.4. The monoisotopic (exact) mass is 801 g/mol. The first-order valence-corrected chi connectivity index (χ1v) is 19.4. The second-order valence-corrected chi connectivity index (χ2v) is 15.5. The molecule has 2 aliphatic rings. The van der Waals surface area contributed by atoms with Gasteiger partial charge in [0, 0.05) is 45.3 Å². The number of halogens is 1. The summed E-state index contributed by atoms with van der Waals surface area (Å²) >= 11 is 0. The summed E-state index contributed by atoms with van der Waals surface area (Å²) < 4.78 is 31.4. The lowest BCUT2D eigenvalue weighted by Crippen LogP contribution is -2.57. The molecule has 3 aromatic rings. The standard InChI is InChI=1S/C43H52FN5O9/c1-27(48(5)42(55)58-43(2,3)4)38(51)47-36(29-19-22-56-23-20-29)40(53)49-25-31-14-9-10-15-32(31)37(49)39(52)46-34-24-30(17-18-33(34)44)35(50)16-11-21-45-41(54)57-26-28-12-7-6-8-13-28/h6-10,12-15,17-18,24,27,29,36-37H,11,16,19-23,25-26H2,1-5H3,(H,45,54)(H,46,52)(H,47,51)/t27-,36-,37-/m0/s1. The Kier molecular flexibility index (Phi) is 14.6. The average Bonchev–Trinajstić information content (AvgIpc) is 3.60. The summed E-state index contributed by atoms with van der Waals surface area (Å²) in [6.45, 7) is 7.73. The molecule has 5 rings (SSSR count). The van der Waals surface area contributed by atoms with Gasteiger partial charge < -0.3 is 35.1 Å². The molecule has 0 saturated carbocycles. The molecule has 14 nitrogen and oxygen atoms in total. The van der Waals surface area contributed by atoms with Crippen LogP contribution in [0.15, 0.2) is 72.8 Å². The van der Waals surface area contributed by atoms with Crippen LogP contribution in [0.5, 0.6) is 0 Å². The highest BCUT2D eigenvalue weighted by Crippen LogP contribution is 2.37. The van der Waals surface area contributed by atoms with Crippen LogP contribution >= 0.6 is 0 Å². The molecule has 0 bridgehead atoms. The van der Waals surface area contributed by atoms with E-state index < -0.39 is 59.5 Å². The summed E-state index contributed by atoms with van der Waals surface area (Å²) in [4.78, 5) is 83.0. The molecule has 1 fully saturated rings. The number of fused-ring (bicyclic) bond motifs is 1. The molecule has 3 N–H and O–H groups in total. The maximum Gasteiger partial charge on any atom is 0.410 e. The third-order valence-electron chi connectivity index (χ3n) is 10.1. The van der Waals surface area contributed by atoms with E-state index in [9.17, 15) is 28.8 Å². The lowest BCUT2D eigenvalue weighted by Gasteiger charge is -2.36. The topological polar surface area (TPSA) is 173 Å². The zero-order valence-electron chi connectivity index (χ0n) is 33.5. The maximum absolute atomic E-state index is 15.3. The molecule has 0 spiro atoms. The van der Waals surface area contributed by atoms with Crippen molar-refractivity contribution in [3.05, 3.63) is 101 Å². The van der Waals surface area contributed by atoms with Crippen LogP contribution in [0.2, 0.25) is 0 Å². The molecular weight excluding hydrogens is 749 g/mol. The molecule has 0 radical (unpaired) electrons. The Morgan fingerprint density at radius 1 is 0.966 bits per heavy atom. The smallest absolute Gasteiger partial charge is 0.410 e. The fourth-order valence-corrected chi connectivity index (χ4v) is 6.78. The van der Waals surface area contributed by atoms with E-state index in [0.29, 0.717) is 37.2 Å². The summed E-state index contributed by atoms with van der Waals surface area (Å²) in [5, 5.41) is 8.09. The van der Waals surface area contributed by atoms with Crippen LogP contribution in [0.4, 0.5) is 19.7 Å². The van der Waals surface area contributed by atoms with Gasteiger partial charge in [-0.3, -0.25) is 24.1 Å². The van der Waals surface area contributed by atoms with E-state index in [1.807, 2.05) is 30.3 Å². The van der Waals surface area contributed by atoms with Crippen LogP contribution in [0.1, 0.15) is 86.5 Å². The number of rotatable bonds is 14. The van der Waals surface area contributed by atoms with Gasteiger partial charge >= 0.3 is 12.2 Å². The summed E-state index contributed by atoms with van der Waals surface area (Å²) in [5.74, 6) is -3.28. The van der Waals surface area contributed by atoms with Crippen LogP contribution in [-0.4, -0.2) is 90.0 Å². The van der Waals surface area contributed by atoms with E-state index in [0.717, 1.165) is 16.5 Å². The molecule has 310 valence electrons. The number of ether oxygens (including phenoxy) is 3. The molecule has 3 aromatic carbocycles. The lowest BCUT2D eigenvalue weighted by molar-refractivity contribution is -0.144. The van der Waals surface area contributed by atoms with Gasteiger partial charge in [0.05, 0.1) is 5.69 Å². The van der Waals surface area contributed by atoms with Gasteiger partial charge in [0.25, 0.3) is 5.91 Å². The van der Waals surface area contributed by atoms with Crippen LogP contribution in [-0.2, 0) is 41.7 Å². The molecule has 0 aromatic heterocycles. The number of ketones is 1. The Balaban J connectivity index is 1.27. The van der Waals surface area contributed by atoms with E-state index in [2.05, 4.69) is 16.0 Å². The average molecular weight is 802 g/mol. The number of Topliss-reactive ketones (excluding diaryl/α,β-unsaturated/α-hetero) is 1. The van der Waals surface area contributed by atoms with Gasteiger partial charge in [0.15, 0.2) is 5.78 Å². The third-order valence-corrected chi connectivity index (χ3v) is 10.1. The Morgan fingerprint density at radius 3 is 2.36 bits per heavy atom. The molecule has 58 heavy (non-hydrogen) atoms. The van der Waals surface area contributed by atoms with Crippen LogP contribution < -0.4 is 16.0 Å². The molecule has 2 heterocycles. The van der Waals surface area contributed by atoms with Crippen LogP contribution in [0.3, 0.4) is 0 Å². The highest BCUT2D eigenvalue weighted by atomic mass is 19.1. The SMILES string of the molecule is C[C@@H](C(=O)N[C@H](C(=O)N1Cc2ccccc2[C@H]1C(=O)Nc1cc(C(=O)CCCNC(=O)OCc2ccccc2)ccc1F)C1CCOCC1)N(C)C(=O)OC(C)(C)C. The second kappa shape index (κ2) is 19.5. The maximum atomic E-state index is 15.3. The van der Waals surface area contributed by atoms with Gasteiger partial charge in [-0.15, -0.1) is 0 Å². The van der Waals surface area contributed by atoms with Crippen molar-refractivity contribution in [1.82, 2.24) is 20.4 Å². The number of carbonyl (C=O) groups excluding carboxylic acids is 6. The minimum absolute atomic E-state index is 0.0295. The molecule has 2 aliphatic heterocycles. The van der Waals surface area contributed by atoms with Crippen LogP contribution in [0.25, 0.3) is 0 Å². The van der Waals surface area contributed by atoms with Crippen molar-refractivity contribution in [2.24, 2.45) is 5.92 Å². The zero-order chi connectivity index (χ0) is 42.0. The Labute approximate surface area is 337 Å². The van der Waals surface area contributed by atoms with E-state index >= 15 is 4.39 Å². The number of amides is 5. The van der Waals surface area contributed by atoms with Gasteiger partial charge in [-0.05, 0) is 87.8 Å². The number of nitrogens with zero attached hydrogens (tertiary/aromatic N) is 2. The number of alkyl carbamates (subject to hydrolysis) is 1. The van der Waals surface area contributed by atoms with Gasteiger partial charge in [0.2, 0.25) is 11.8 Å². The van der Waals surface area contributed by atoms with Crippen molar-refractivity contribution in [3.63, 3.8) is 0 Å². The largest absolute Gasteiger partial charge is 0.445 e. The number of nitrogens with one attached hydrogen (secondary N) is 3. The quantitative estimate of drug-likeness (QED) is 0.133. The van der Waals surface area contributed by atoms with Crippen molar-refractivity contribution in [2.45, 2.75) is 90.3 Å².